The SMILES string of the molecule is Cc1ccc(S(=O)(=O)N(CC(=O)NCCSC(C)(C)C)c2ccc(C(C)C)cc2)cc1. The topological polar surface area (TPSA) is 66.5 Å². The quantitative estimate of drug-likeness (QED) is 0.535. The van der Waals surface area contributed by atoms with Crippen molar-refractivity contribution in [2.75, 3.05) is 23.1 Å². The third kappa shape index (κ3) is 7.58. The average molecular weight is 463 g/mol. The van der Waals surface area contributed by atoms with Crippen molar-refractivity contribution in [3.63, 3.8) is 0 Å². The van der Waals surface area contributed by atoms with E-state index in [1.807, 2.05) is 19.1 Å². The van der Waals surface area contributed by atoms with E-state index in [-0.39, 0.29) is 22.1 Å². The third-order valence-corrected chi connectivity index (χ3v) is 7.77. The summed E-state index contributed by atoms with van der Waals surface area (Å²) in [6, 6.07) is 14.0. The summed E-state index contributed by atoms with van der Waals surface area (Å²) >= 11 is 1.75. The van der Waals surface area contributed by atoms with E-state index in [2.05, 4.69) is 39.9 Å². The molecule has 0 bridgehead atoms. The van der Waals surface area contributed by atoms with E-state index in [1.54, 1.807) is 48.2 Å². The molecule has 2 aromatic rings. The van der Waals surface area contributed by atoms with Crippen molar-refractivity contribution in [2.24, 2.45) is 0 Å². The highest BCUT2D eigenvalue weighted by Crippen LogP contribution is 2.26. The smallest absolute Gasteiger partial charge is 0.264 e. The molecule has 31 heavy (non-hydrogen) atoms. The molecule has 2 aromatic carbocycles. The maximum atomic E-state index is 13.4. The molecule has 0 aromatic heterocycles. The van der Waals surface area contributed by atoms with Crippen LogP contribution in [0.3, 0.4) is 0 Å². The maximum Gasteiger partial charge on any atom is 0.264 e. The van der Waals surface area contributed by atoms with Crippen molar-refractivity contribution >= 4 is 33.4 Å². The summed E-state index contributed by atoms with van der Waals surface area (Å²) in [5.41, 5.74) is 2.56. The Balaban J connectivity index is 2.25. The molecule has 1 N–H and O–H groups in total. The summed E-state index contributed by atoms with van der Waals surface area (Å²) in [6.07, 6.45) is 0. The maximum absolute atomic E-state index is 13.4. The largest absolute Gasteiger partial charge is 0.354 e. The molecule has 0 radical (unpaired) electrons. The Kier molecular flexibility index (Phi) is 8.60. The van der Waals surface area contributed by atoms with Crippen LogP contribution in [-0.4, -0.2) is 37.9 Å². The molecule has 0 heterocycles. The molecule has 0 saturated heterocycles. The number of aryl methyl sites for hydroxylation is 1. The number of hydrogen-bond acceptors (Lipinski definition) is 4. The van der Waals surface area contributed by atoms with Gasteiger partial charge in [-0.3, -0.25) is 9.10 Å². The number of hydrogen-bond donors (Lipinski definition) is 1. The molecule has 0 spiro atoms. The first-order chi connectivity index (χ1) is 14.4. The molecular formula is C24H34N2O3S2. The van der Waals surface area contributed by atoms with Gasteiger partial charge in [0, 0.05) is 17.0 Å². The van der Waals surface area contributed by atoms with Crippen molar-refractivity contribution in [3.05, 3.63) is 59.7 Å². The van der Waals surface area contributed by atoms with Gasteiger partial charge < -0.3 is 5.32 Å². The molecule has 0 atom stereocenters. The number of rotatable bonds is 9. The first-order valence-corrected chi connectivity index (χ1v) is 12.9. The van der Waals surface area contributed by atoms with Crippen molar-refractivity contribution in [3.8, 4) is 0 Å². The first kappa shape index (κ1) is 25.3. The van der Waals surface area contributed by atoms with Gasteiger partial charge >= 0.3 is 0 Å². The molecular weight excluding hydrogens is 428 g/mol. The number of amides is 1. The minimum absolute atomic E-state index is 0.115. The summed E-state index contributed by atoms with van der Waals surface area (Å²) in [6.45, 7) is 12.7. The van der Waals surface area contributed by atoms with Crippen LogP contribution >= 0.6 is 11.8 Å². The molecule has 0 aliphatic carbocycles. The van der Waals surface area contributed by atoms with Crippen molar-refractivity contribution < 1.29 is 13.2 Å². The van der Waals surface area contributed by atoms with Crippen LogP contribution in [-0.2, 0) is 14.8 Å². The van der Waals surface area contributed by atoms with Gasteiger partial charge in [0.2, 0.25) is 5.91 Å². The van der Waals surface area contributed by atoms with Crippen LogP contribution in [0.2, 0.25) is 0 Å². The lowest BCUT2D eigenvalue weighted by atomic mass is 10.0. The normalized spacial score (nSPS) is 12.1. The zero-order chi connectivity index (χ0) is 23.2. The summed E-state index contributed by atoms with van der Waals surface area (Å²) in [7, 11) is -3.89. The standard InChI is InChI=1S/C24H34N2O3S2/c1-18(2)20-9-11-21(12-10-20)26(17-23(27)25-15-16-30-24(4,5)6)31(28,29)22-13-7-19(3)8-14-22/h7-14,18H,15-17H2,1-6H3,(H,25,27). The van der Waals surface area contributed by atoms with E-state index in [9.17, 15) is 13.2 Å². The van der Waals surface area contributed by atoms with Gasteiger partial charge in [-0.25, -0.2) is 8.42 Å². The van der Waals surface area contributed by atoms with Gasteiger partial charge in [0.05, 0.1) is 10.6 Å². The number of carbonyl (C=O) groups excluding carboxylic acids is 1. The van der Waals surface area contributed by atoms with Gasteiger partial charge in [-0.05, 0) is 42.7 Å². The number of anilines is 1. The number of thioether (sulfide) groups is 1. The van der Waals surface area contributed by atoms with E-state index in [0.717, 1.165) is 16.9 Å². The van der Waals surface area contributed by atoms with E-state index in [0.29, 0.717) is 18.2 Å². The van der Waals surface area contributed by atoms with E-state index in [4.69, 9.17) is 0 Å². The lowest BCUT2D eigenvalue weighted by Crippen LogP contribution is -2.41. The van der Waals surface area contributed by atoms with Crippen LogP contribution in [0, 0.1) is 6.92 Å². The molecule has 0 unspecified atom stereocenters. The molecule has 0 aliphatic rings. The zero-order valence-corrected chi connectivity index (χ0v) is 20.9. The number of nitrogens with zero attached hydrogens (tertiary/aromatic N) is 1. The van der Waals surface area contributed by atoms with Gasteiger partial charge in [-0.2, -0.15) is 11.8 Å². The Hall–Kier alpha value is -1.99. The molecule has 170 valence electrons. The number of carbonyl (C=O) groups is 1. The molecule has 0 fully saturated rings. The fourth-order valence-electron chi connectivity index (χ4n) is 2.91. The average Bonchev–Trinajstić information content (AvgIpc) is 2.69. The first-order valence-electron chi connectivity index (χ1n) is 10.5. The van der Waals surface area contributed by atoms with Gasteiger partial charge in [-0.15, -0.1) is 0 Å². The Morgan fingerprint density at radius 1 is 1.03 bits per heavy atom. The van der Waals surface area contributed by atoms with Crippen molar-refractivity contribution in [1.29, 1.82) is 0 Å². The highest BCUT2D eigenvalue weighted by molar-refractivity contribution is 8.00. The van der Waals surface area contributed by atoms with E-state index < -0.39 is 10.0 Å². The van der Waals surface area contributed by atoms with Gasteiger partial charge in [0.25, 0.3) is 10.0 Å². The lowest BCUT2D eigenvalue weighted by Gasteiger charge is -2.25. The fraction of sp³-hybridized carbons (Fsp3) is 0.458. The molecule has 0 aliphatic heterocycles. The number of benzene rings is 2. The van der Waals surface area contributed by atoms with Crippen molar-refractivity contribution in [1.82, 2.24) is 5.32 Å². The predicted octanol–water partition coefficient (Wildman–Crippen LogP) is 4.96. The molecule has 2 rings (SSSR count). The molecule has 1 amide bonds. The summed E-state index contributed by atoms with van der Waals surface area (Å²) < 4.78 is 28.1. The Bertz CT molecular complexity index is 961. The van der Waals surface area contributed by atoms with Crippen LogP contribution in [0.5, 0.6) is 0 Å². The Morgan fingerprint density at radius 2 is 1.61 bits per heavy atom. The number of sulfonamides is 1. The fourth-order valence-corrected chi connectivity index (χ4v) is 5.15. The highest BCUT2D eigenvalue weighted by atomic mass is 32.2. The van der Waals surface area contributed by atoms with Crippen LogP contribution in [0.25, 0.3) is 0 Å². The second-order valence-electron chi connectivity index (χ2n) is 8.88. The molecule has 7 heteroatoms. The van der Waals surface area contributed by atoms with Crippen LogP contribution in [0.4, 0.5) is 5.69 Å². The van der Waals surface area contributed by atoms with E-state index in [1.165, 1.54) is 4.31 Å². The zero-order valence-electron chi connectivity index (χ0n) is 19.3. The van der Waals surface area contributed by atoms with Crippen LogP contribution in [0.1, 0.15) is 51.7 Å². The summed E-state index contributed by atoms with van der Waals surface area (Å²) in [5, 5.41) is 2.85. The number of nitrogens with one attached hydrogen (secondary N) is 1. The molecule has 0 saturated carbocycles. The third-order valence-electron chi connectivity index (χ3n) is 4.70. The summed E-state index contributed by atoms with van der Waals surface area (Å²) in [4.78, 5) is 12.8. The van der Waals surface area contributed by atoms with Crippen molar-refractivity contribution in [2.45, 2.75) is 57.1 Å². The minimum atomic E-state index is -3.89. The lowest BCUT2D eigenvalue weighted by molar-refractivity contribution is -0.119. The Morgan fingerprint density at radius 3 is 2.13 bits per heavy atom. The van der Waals surface area contributed by atoms with E-state index >= 15 is 0 Å². The summed E-state index contributed by atoms with van der Waals surface area (Å²) in [5.74, 6) is 0.779. The highest BCUT2D eigenvalue weighted by Gasteiger charge is 2.27. The predicted molar refractivity (Wildman–Crippen MR) is 131 cm³/mol. The Labute approximate surface area is 191 Å². The monoisotopic (exact) mass is 462 g/mol. The second kappa shape index (κ2) is 10.6. The van der Waals surface area contributed by atoms with Gasteiger partial charge in [0.1, 0.15) is 6.54 Å². The van der Waals surface area contributed by atoms with Gasteiger partial charge in [-0.1, -0.05) is 64.4 Å². The molecule has 5 nitrogen and oxygen atoms in total. The second-order valence-corrected chi connectivity index (χ2v) is 12.7. The van der Waals surface area contributed by atoms with Crippen LogP contribution in [0.15, 0.2) is 53.4 Å². The van der Waals surface area contributed by atoms with Gasteiger partial charge in [0.15, 0.2) is 0 Å². The minimum Gasteiger partial charge on any atom is -0.354 e. The van der Waals surface area contributed by atoms with Crippen LogP contribution < -0.4 is 9.62 Å².